The molecule has 1 N–H and O–H groups in total. The second-order valence-electron chi connectivity index (χ2n) is 3.42. The SMILES string of the molecule is O=S(=O)(Nc1cc(Cl)ccc1Cl)c1cc(Cl)c(Br)s1. The van der Waals surface area contributed by atoms with Crippen LogP contribution in [0.4, 0.5) is 5.69 Å². The number of hydrogen-bond acceptors (Lipinski definition) is 3. The Bertz CT molecular complexity index is 711. The normalized spacial score (nSPS) is 11.6. The Morgan fingerprint density at radius 1 is 1.11 bits per heavy atom. The van der Waals surface area contributed by atoms with Crippen molar-refractivity contribution in [1.29, 1.82) is 0 Å². The van der Waals surface area contributed by atoms with Gasteiger partial charge in [0.15, 0.2) is 0 Å². The number of anilines is 1. The van der Waals surface area contributed by atoms with Crippen LogP contribution in [-0.4, -0.2) is 8.42 Å². The molecule has 102 valence electrons. The molecule has 0 fully saturated rings. The summed E-state index contributed by atoms with van der Waals surface area (Å²) in [5.74, 6) is 0. The lowest BCUT2D eigenvalue weighted by atomic mass is 10.3. The molecule has 2 aromatic rings. The molecule has 9 heteroatoms. The third-order valence-electron chi connectivity index (χ3n) is 2.06. The minimum atomic E-state index is -3.74. The second kappa shape index (κ2) is 5.79. The van der Waals surface area contributed by atoms with Crippen molar-refractivity contribution < 1.29 is 8.42 Å². The number of halogens is 4. The lowest BCUT2D eigenvalue weighted by Gasteiger charge is -2.08. The monoisotopic (exact) mass is 419 g/mol. The van der Waals surface area contributed by atoms with Crippen molar-refractivity contribution in [2.45, 2.75) is 4.21 Å². The molecule has 19 heavy (non-hydrogen) atoms. The van der Waals surface area contributed by atoms with Crippen molar-refractivity contribution in [2.75, 3.05) is 4.72 Å². The molecule has 0 saturated carbocycles. The van der Waals surface area contributed by atoms with Gasteiger partial charge in [0.1, 0.15) is 4.21 Å². The maximum atomic E-state index is 12.1. The molecule has 0 spiro atoms. The molecular formula is C10H5BrCl3NO2S2. The van der Waals surface area contributed by atoms with E-state index in [1.54, 1.807) is 6.07 Å². The Hall–Kier alpha value is 0.0200. The van der Waals surface area contributed by atoms with E-state index < -0.39 is 10.0 Å². The summed E-state index contributed by atoms with van der Waals surface area (Å²) in [5.41, 5.74) is 0.217. The quantitative estimate of drug-likeness (QED) is 0.734. The van der Waals surface area contributed by atoms with E-state index in [0.717, 1.165) is 11.3 Å². The van der Waals surface area contributed by atoms with Crippen LogP contribution in [0.25, 0.3) is 0 Å². The van der Waals surface area contributed by atoms with Crippen molar-refractivity contribution in [3.63, 3.8) is 0 Å². The largest absolute Gasteiger partial charge is 0.277 e. The van der Waals surface area contributed by atoms with E-state index in [1.807, 2.05) is 0 Å². The van der Waals surface area contributed by atoms with E-state index >= 15 is 0 Å². The van der Waals surface area contributed by atoms with Crippen molar-refractivity contribution >= 4 is 77.8 Å². The molecule has 3 nitrogen and oxygen atoms in total. The average Bonchev–Trinajstić information content (AvgIpc) is 2.65. The Balaban J connectivity index is 2.39. The van der Waals surface area contributed by atoms with Gasteiger partial charge in [0.2, 0.25) is 0 Å². The first kappa shape index (κ1) is 15.4. The lowest BCUT2D eigenvalue weighted by molar-refractivity contribution is 0.603. The van der Waals surface area contributed by atoms with Crippen LogP contribution in [0.1, 0.15) is 0 Å². The molecule has 0 unspecified atom stereocenters. The van der Waals surface area contributed by atoms with Crippen LogP contribution >= 0.6 is 62.1 Å². The average molecular weight is 422 g/mol. The van der Waals surface area contributed by atoms with Gasteiger partial charge in [-0.1, -0.05) is 34.8 Å². The van der Waals surface area contributed by atoms with Gasteiger partial charge in [0, 0.05) is 5.02 Å². The fourth-order valence-corrected chi connectivity index (χ4v) is 5.09. The standard InChI is InChI=1S/C10H5BrCl3NO2S2/c11-10-7(14)4-9(18-10)19(16,17)15-8-3-5(12)1-2-6(8)13/h1-4,15H. The highest BCUT2D eigenvalue weighted by molar-refractivity contribution is 9.11. The van der Waals surface area contributed by atoms with Crippen molar-refractivity contribution in [1.82, 2.24) is 0 Å². The molecule has 0 amide bonds. The summed E-state index contributed by atoms with van der Waals surface area (Å²) in [5, 5.41) is 0.977. The Kier molecular flexibility index (Phi) is 4.70. The molecule has 0 bridgehead atoms. The Morgan fingerprint density at radius 2 is 1.79 bits per heavy atom. The summed E-state index contributed by atoms with van der Waals surface area (Å²) >= 11 is 21.7. The van der Waals surface area contributed by atoms with Crippen molar-refractivity contribution in [2.24, 2.45) is 0 Å². The third-order valence-corrected chi connectivity index (χ3v) is 6.94. The van der Waals surface area contributed by atoms with Gasteiger partial charge in [-0.3, -0.25) is 4.72 Å². The van der Waals surface area contributed by atoms with Crippen LogP contribution in [0.3, 0.4) is 0 Å². The smallest absolute Gasteiger partial charge is 0.271 e. The molecule has 0 aliphatic rings. The second-order valence-corrected chi connectivity index (χ2v) is 8.95. The van der Waals surface area contributed by atoms with Crippen LogP contribution in [0.5, 0.6) is 0 Å². The zero-order valence-electron chi connectivity index (χ0n) is 8.95. The highest BCUT2D eigenvalue weighted by Crippen LogP contribution is 2.36. The van der Waals surface area contributed by atoms with Gasteiger partial charge in [-0.05, 0) is 40.2 Å². The molecule has 0 radical (unpaired) electrons. The first-order valence-electron chi connectivity index (χ1n) is 4.72. The summed E-state index contributed by atoms with van der Waals surface area (Å²) in [6.45, 7) is 0. The predicted octanol–water partition coefficient (Wildman–Crippen LogP) is 5.27. The molecule has 0 saturated heterocycles. The van der Waals surface area contributed by atoms with Crippen LogP contribution in [0, 0.1) is 0 Å². The summed E-state index contributed by atoms with van der Waals surface area (Å²) < 4.78 is 27.3. The lowest BCUT2D eigenvalue weighted by Crippen LogP contribution is -2.11. The van der Waals surface area contributed by atoms with E-state index in [-0.39, 0.29) is 14.9 Å². The van der Waals surface area contributed by atoms with Crippen LogP contribution in [0.15, 0.2) is 32.3 Å². The number of sulfonamides is 1. The van der Waals surface area contributed by atoms with Gasteiger partial charge < -0.3 is 0 Å². The van der Waals surface area contributed by atoms with Gasteiger partial charge >= 0.3 is 0 Å². The zero-order valence-corrected chi connectivity index (χ0v) is 14.4. The van der Waals surface area contributed by atoms with E-state index in [4.69, 9.17) is 34.8 Å². The van der Waals surface area contributed by atoms with Gasteiger partial charge in [-0.25, -0.2) is 8.42 Å². The fraction of sp³-hybridized carbons (Fsp3) is 0. The summed E-state index contributed by atoms with van der Waals surface area (Å²) in [6.07, 6.45) is 0. The van der Waals surface area contributed by atoms with Crippen LogP contribution in [0.2, 0.25) is 15.1 Å². The highest BCUT2D eigenvalue weighted by atomic mass is 79.9. The molecule has 1 heterocycles. The van der Waals surface area contributed by atoms with Crippen molar-refractivity contribution in [3.05, 3.63) is 43.1 Å². The Morgan fingerprint density at radius 3 is 2.37 bits per heavy atom. The minimum Gasteiger partial charge on any atom is -0.277 e. The van der Waals surface area contributed by atoms with Gasteiger partial charge in [-0.2, -0.15) is 0 Å². The highest BCUT2D eigenvalue weighted by Gasteiger charge is 2.20. The molecular weight excluding hydrogens is 417 g/mol. The number of benzene rings is 1. The molecule has 0 aliphatic carbocycles. The fourth-order valence-electron chi connectivity index (χ4n) is 1.23. The Labute approximate surface area is 137 Å². The first-order valence-corrected chi connectivity index (χ1v) is 8.95. The molecule has 1 aromatic heterocycles. The van der Waals surface area contributed by atoms with E-state index in [9.17, 15) is 8.42 Å². The molecule has 0 atom stereocenters. The molecule has 1 aromatic carbocycles. The predicted molar refractivity (Wildman–Crippen MR) is 84.3 cm³/mol. The molecule has 2 rings (SSSR count). The maximum absolute atomic E-state index is 12.1. The zero-order chi connectivity index (χ0) is 14.2. The number of hydrogen-bond donors (Lipinski definition) is 1. The van der Waals surface area contributed by atoms with Crippen molar-refractivity contribution in [3.8, 4) is 0 Å². The third kappa shape index (κ3) is 3.56. The number of nitrogens with one attached hydrogen (secondary N) is 1. The van der Waals surface area contributed by atoms with Gasteiger partial charge in [0.25, 0.3) is 10.0 Å². The summed E-state index contributed by atoms with van der Waals surface area (Å²) in [7, 11) is -3.74. The van der Waals surface area contributed by atoms with Crippen LogP contribution < -0.4 is 4.72 Å². The number of thiophene rings is 1. The number of rotatable bonds is 3. The first-order chi connectivity index (χ1) is 8.79. The summed E-state index contributed by atoms with van der Waals surface area (Å²) in [4.78, 5) is 0. The van der Waals surface area contributed by atoms with Crippen LogP contribution in [-0.2, 0) is 10.0 Å². The minimum absolute atomic E-state index is 0.0837. The van der Waals surface area contributed by atoms with E-state index in [0.29, 0.717) is 13.8 Å². The van der Waals surface area contributed by atoms with E-state index in [1.165, 1.54) is 18.2 Å². The maximum Gasteiger partial charge on any atom is 0.271 e. The van der Waals surface area contributed by atoms with Gasteiger partial charge in [0.05, 0.1) is 19.5 Å². The summed E-state index contributed by atoms with van der Waals surface area (Å²) in [6, 6.07) is 5.88. The molecule has 0 aliphatic heterocycles. The topological polar surface area (TPSA) is 46.2 Å². The van der Waals surface area contributed by atoms with E-state index in [2.05, 4.69) is 20.7 Å². The van der Waals surface area contributed by atoms with Gasteiger partial charge in [-0.15, -0.1) is 11.3 Å².